The number of anilines is 1. The monoisotopic (exact) mass is 703 g/mol. The number of halogens is 1. The highest BCUT2D eigenvalue weighted by Crippen LogP contribution is 2.50. The molecule has 4 aromatic rings. The van der Waals surface area contributed by atoms with Crippen molar-refractivity contribution in [2.75, 3.05) is 51.5 Å². The number of benzene rings is 1. The second-order valence-corrected chi connectivity index (χ2v) is 15.7. The van der Waals surface area contributed by atoms with Crippen LogP contribution >= 0.6 is 0 Å². The van der Waals surface area contributed by atoms with Crippen molar-refractivity contribution in [2.45, 2.75) is 103 Å². The number of β-amino-alcohol motifs (C(OH)–C–C–N with tert-alkyl or cyclic N) is 1. The van der Waals surface area contributed by atoms with Crippen LogP contribution in [-0.2, 0) is 9.47 Å². The van der Waals surface area contributed by atoms with E-state index in [-0.39, 0.29) is 53.9 Å². The third-order valence-electron chi connectivity index (χ3n) is 11.7. The number of hydrogen-bond acceptors (Lipinski definition) is 11. The lowest BCUT2D eigenvalue weighted by molar-refractivity contribution is -0.0967. The average Bonchev–Trinajstić information content (AvgIpc) is 3.72. The van der Waals surface area contributed by atoms with Crippen LogP contribution in [0.15, 0.2) is 18.3 Å². The Morgan fingerprint density at radius 1 is 1.10 bits per heavy atom. The number of nitrogens with one attached hydrogen (secondary N) is 1. The van der Waals surface area contributed by atoms with Gasteiger partial charge in [-0.3, -0.25) is 10.00 Å². The van der Waals surface area contributed by atoms with E-state index in [1.54, 1.807) is 13.1 Å². The predicted octanol–water partition coefficient (Wildman–Crippen LogP) is 5.58. The number of aromatic amines is 1. The zero-order chi connectivity index (χ0) is 35.5. The molecule has 3 aliphatic heterocycles. The number of aryl methyl sites for hydroxylation is 1. The van der Waals surface area contributed by atoms with E-state index in [0.717, 1.165) is 68.0 Å². The van der Waals surface area contributed by atoms with Crippen LogP contribution in [0.25, 0.3) is 33.1 Å². The maximum atomic E-state index is 17.2. The molecule has 3 aromatic heterocycles. The number of fused-ring (bicyclic) bond motifs is 3. The average molecular weight is 704 g/mol. The van der Waals surface area contributed by atoms with Crippen molar-refractivity contribution in [3.63, 3.8) is 0 Å². The maximum absolute atomic E-state index is 17.2. The fourth-order valence-electron chi connectivity index (χ4n) is 9.56. The number of piperidine rings is 1. The number of aromatic nitrogens is 5. The van der Waals surface area contributed by atoms with Crippen molar-refractivity contribution in [1.82, 2.24) is 30.0 Å². The second kappa shape index (κ2) is 13.4. The molecule has 6 heterocycles. The first kappa shape index (κ1) is 34.4. The van der Waals surface area contributed by atoms with E-state index in [1.807, 2.05) is 24.0 Å². The lowest BCUT2D eigenvalue weighted by Gasteiger charge is -2.51. The van der Waals surface area contributed by atoms with E-state index >= 15 is 4.39 Å². The summed E-state index contributed by atoms with van der Waals surface area (Å²) in [6, 6.07) is 4.83. The molecule has 0 amide bonds. The summed E-state index contributed by atoms with van der Waals surface area (Å²) in [5.41, 5.74) is 1.18. The van der Waals surface area contributed by atoms with Crippen molar-refractivity contribution in [3.8, 4) is 23.1 Å². The summed E-state index contributed by atoms with van der Waals surface area (Å²) in [6.45, 7) is 10.7. The third kappa shape index (κ3) is 6.29. The first-order valence-corrected chi connectivity index (χ1v) is 18.5. The number of rotatable bonds is 7. The normalized spacial score (nSPS) is 30.5. The molecule has 0 bridgehead atoms. The molecule has 13 heteroatoms. The van der Waals surface area contributed by atoms with Crippen LogP contribution in [0.4, 0.5) is 10.2 Å². The van der Waals surface area contributed by atoms with Crippen molar-refractivity contribution >= 4 is 27.6 Å². The van der Waals surface area contributed by atoms with E-state index in [2.05, 4.69) is 28.9 Å². The van der Waals surface area contributed by atoms with Gasteiger partial charge < -0.3 is 29.0 Å². The van der Waals surface area contributed by atoms with Crippen molar-refractivity contribution in [1.29, 1.82) is 0 Å². The van der Waals surface area contributed by atoms with Gasteiger partial charge in [-0.05, 0) is 84.4 Å². The van der Waals surface area contributed by atoms with Gasteiger partial charge in [-0.25, -0.2) is 9.37 Å². The minimum atomic E-state index is -1.16. The summed E-state index contributed by atoms with van der Waals surface area (Å²) in [7, 11) is 1.51. The highest BCUT2D eigenvalue weighted by atomic mass is 19.1. The Balaban J connectivity index is 1.22. The highest BCUT2D eigenvalue weighted by Gasteiger charge is 2.51. The number of H-pyrrole nitrogens is 1. The molecule has 4 aliphatic rings. The highest BCUT2D eigenvalue weighted by molar-refractivity contribution is 6.01. The summed E-state index contributed by atoms with van der Waals surface area (Å²) < 4.78 is 41.6. The molecule has 51 heavy (non-hydrogen) atoms. The quantitative estimate of drug-likeness (QED) is 0.250. The van der Waals surface area contributed by atoms with Crippen LogP contribution in [-0.4, -0.2) is 112 Å². The molecular formula is C38H50FN7O5. The second-order valence-electron chi connectivity index (χ2n) is 15.7. The number of aliphatic hydroxyl groups is 1. The number of pyridine rings is 1. The Bertz CT molecular complexity index is 1910. The van der Waals surface area contributed by atoms with Gasteiger partial charge in [-0.15, -0.1) is 0 Å². The molecule has 3 saturated heterocycles. The standard InChI is InChI=1S/C38H50FN7O5/c1-22-9-10-27-26(18-40-44-27)29(22)32-31(39)33-30(35(41-32)48-5)34(45-14-15-49-20-37(4,47)19-45)43-36(42-33)50-21-38-11-6-8-28(38)46(13-7-12-38)25-16-23(2)51-24(3)17-25/h9-10,18,23-25,28,47H,6-8,11-17,19-21H2,1-5H3,(H,40,44)/t23-,24+,25?,28-,37+,38-/m1/s1. The molecule has 1 saturated carbocycles. The first-order chi connectivity index (χ1) is 24.6. The Labute approximate surface area is 298 Å². The molecule has 4 fully saturated rings. The zero-order valence-corrected chi connectivity index (χ0v) is 30.4. The Morgan fingerprint density at radius 3 is 2.71 bits per heavy atom. The fraction of sp³-hybridized carbons (Fsp3) is 0.632. The SMILES string of the molecule is COc1nc(-c2c(C)ccc3[nH]ncc23)c(F)c2nc(OC[C@]34CCC[C@H]3N(C3C[C@@H](C)O[C@@H](C)C3)CCC4)nc(N3CCOC[C@@](C)(O)C3)c12. The van der Waals surface area contributed by atoms with E-state index in [9.17, 15) is 5.11 Å². The van der Waals surface area contributed by atoms with Crippen molar-refractivity contribution in [3.05, 3.63) is 29.7 Å². The Hall–Kier alpha value is -3.65. The topological polar surface area (TPSA) is 131 Å². The van der Waals surface area contributed by atoms with Gasteiger partial charge in [0.15, 0.2) is 5.82 Å². The number of nitrogens with zero attached hydrogens (tertiary/aromatic N) is 6. The predicted molar refractivity (Wildman–Crippen MR) is 192 cm³/mol. The van der Waals surface area contributed by atoms with Gasteiger partial charge in [-0.2, -0.15) is 15.1 Å². The minimum Gasteiger partial charge on any atom is -0.480 e. The fourth-order valence-corrected chi connectivity index (χ4v) is 9.56. The minimum absolute atomic E-state index is 0.0463. The summed E-state index contributed by atoms with van der Waals surface area (Å²) in [4.78, 5) is 19.2. The van der Waals surface area contributed by atoms with Crippen LogP contribution in [0.2, 0.25) is 0 Å². The van der Waals surface area contributed by atoms with Gasteiger partial charge in [0, 0.05) is 35.0 Å². The van der Waals surface area contributed by atoms with Crippen LogP contribution < -0.4 is 14.4 Å². The summed E-state index contributed by atoms with van der Waals surface area (Å²) in [5.74, 6) is -0.0212. The number of methoxy groups -OCH3 is 1. The molecule has 1 aromatic carbocycles. The number of likely N-dealkylation sites (tertiary alicyclic amines) is 1. The molecule has 12 nitrogen and oxygen atoms in total. The number of ether oxygens (including phenoxy) is 4. The van der Waals surface area contributed by atoms with Crippen LogP contribution in [0.3, 0.4) is 0 Å². The lowest BCUT2D eigenvalue weighted by atomic mass is 9.74. The van der Waals surface area contributed by atoms with Crippen molar-refractivity contribution < 1.29 is 28.4 Å². The van der Waals surface area contributed by atoms with Gasteiger partial charge in [0.2, 0.25) is 5.88 Å². The maximum Gasteiger partial charge on any atom is 0.319 e. The number of hydrogen-bond donors (Lipinski definition) is 2. The summed E-state index contributed by atoms with van der Waals surface area (Å²) in [5, 5.41) is 19.4. The first-order valence-electron chi connectivity index (χ1n) is 18.5. The van der Waals surface area contributed by atoms with Gasteiger partial charge in [0.05, 0.1) is 57.4 Å². The lowest BCUT2D eigenvalue weighted by Crippen LogP contribution is -2.57. The van der Waals surface area contributed by atoms with E-state index in [1.165, 1.54) is 7.11 Å². The Morgan fingerprint density at radius 2 is 1.90 bits per heavy atom. The molecule has 0 spiro atoms. The summed E-state index contributed by atoms with van der Waals surface area (Å²) >= 11 is 0. The molecule has 8 rings (SSSR count). The molecule has 274 valence electrons. The van der Waals surface area contributed by atoms with E-state index in [4.69, 9.17) is 33.9 Å². The van der Waals surface area contributed by atoms with Crippen LogP contribution in [0.1, 0.15) is 71.3 Å². The Kier molecular flexibility index (Phi) is 9.05. The van der Waals surface area contributed by atoms with Gasteiger partial charge in [0.1, 0.15) is 28.0 Å². The molecule has 6 atom stereocenters. The molecule has 2 N–H and O–H groups in total. The molecular weight excluding hydrogens is 653 g/mol. The van der Waals surface area contributed by atoms with E-state index in [0.29, 0.717) is 48.6 Å². The van der Waals surface area contributed by atoms with Crippen LogP contribution in [0.5, 0.6) is 11.9 Å². The van der Waals surface area contributed by atoms with Gasteiger partial charge in [-0.1, -0.05) is 12.5 Å². The van der Waals surface area contributed by atoms with Crippen molar-refractivity contribution in [2.24, 2.45) is 5.41 Å². The summed E-state index contributed by atoms with van der Waals surface area (Å²) in [6.07, 6.45) is 9.79. The van der Waals surface area contributed by atoms with Gasteiger partial charge in [0.25, 0.3) is 0 Å². The third-order valence-corrected chi connectivity index (χ3v) is 11.7. The zero-order valence-electron chi connectivity index (χ0n) is 30.4. The smallest absolute Gasteiger partial charge is 0.319 e. The molecule has 1 aliphatic carbocycles. The molecule has 1 unspecified atom stereocenters. The van der Waals surface area contributed by atoms with Gasteiger partial charge >= 0.3 is 6.01 Å². The largest absolute Gasteiger partial charge is 0.480 e. The van der Waals surface area contributed by atoms with E-state index < -0.39 is 11.4 Å². The van der Waals surface area contributed by atoms with Crippen LogP contribution in [0, 0.1) is 18.2 Å². The molecule has 0 radical (unpaired) electrons.